The molecule has 8 nitrogen and oxygen atoms in total. The highest BCUT2D eigenvalue weighted by molar-refractivity contribution is 6.02. The molecule has 1 saturated carbocycles. The lowest BCUT2D eigenvalue weighted by atomic mass is 9.78. The number of alkyl halides is 2. The summed E-state index contributed by atoms with van der Waals surface area (Å²) in [6, 6.07) is 6.71. The van der Waals surface area contributed by atoms with Gasteiger partial charge in [0.15, 0.2) is 5.78 Å². The highest BCUT2D eigenvalue weighted by Gasteiger charge is 2.33. The first kappa shape index (κ1) is 27.3. The Morgan fingerprint density at radius 2 is 1.95 bits per heavy atom. The van der Waals surface area contributed by atoms with Crippen LogP contribution in [-0.2, 0) is 0 Å². The molecule has 1 saturated heterocycles. The number of carbonyl (C=O) groups excluding carboxylic acids is 1. The Kier molecular flexibility index (Phi) is 8.62. The van der Waals surface area contributed by atoms with Crippen molar-refractivity contribution in [2.24, 2.45) is 5.92 Å². The molecule has 10 heteroatoms. The number of methoxy groups -OCH3 is 1. The number of halogens is 2. The molecule has 2 atom stereocenters. The van der Waals surface area contributed by atoms with Gasteiger partial charge in [-0.05, 0) is 69.3 Å². The van der Waals surface area contributed by atoms with Crippen molar-refractivity contribution in [2.45, 2.75) is 57.7 Å². The fourth-order valence-corrected chi connectivity index (χ4v) is 5.42. The molecule has 0 spiro atoms. The number of aromatic nitrogens is 2. The molecule has 2 aliphatic rings. The number of nitrogens with zero attached hydrogens (tertiary/aromatic N) is 3. The van der Waals surface area contributed by atoms with E-state index in [0.717, 1.165) is 26.1 Å². The first-order valence-electron chi connectivity index (χ1n) is 13.6. The van der Waals surface area contributed by atoms with Crippen LogP contribution in [0.15, 0.2) is 36.7 Å². The standard InChI is InChI=1S/C29H35F2N3O5/c1-37-25-15-20(16-26(39-29(30)31)28(25)24(36)14-19-6-7-23(19)35)22-18-32-27-17-21(8-12-34(22)27)38-13-5-11-33-9-3-2-4-10-33/h8,12,15-19,23,29,35H,2-7,9-11,13-14H2,1H3/t19-,23-/m1/s1. The van der Waals surface area contributed by atoms with Crippen molar-refractivity contribution in [3.63, 3.8) is 0 Å². The zero-order valence-corrected chi connectivity index (χ0v) is 22.2. The minimum Gasteiger partial charge on any atom is -0.496 e. The van der Waals surface area contributed by atoms with E-state index in [1.807, 2.05) is 22.7 Å². The van der Waals surface area contributed by atoms with Crippen molar-refractivity contribution in [3.05, 3.63) is 42.2 Å². The topological polar surface area (TPSA) is 85.5 Å². The van der Waals surface area contributed by atoms with Gasteiger partial charge in [0, 0.05) is 30.8 Å². The van der Waals surface area contributed by atoms with Gasteiger partial charge in [0.1, 0.15) is 28.5 Å². The third-order valence-corrected chi connectivity index (χ3v) is 7.72. The molecule has 1 aliphatic carbocycles. The van der Waals surface area contributed by atoms with Gasteiger partial charge in [-0.15, -0.1) is 0 Å². The fourth-order valence-electron chi connectivity index (χ4n) is 5.42. The lowest BCUT2D eigenvalue weighted by Gasteiger charge is -2.32. The predicted octanol–water partition coefficient (Wildman–Crippen LogP) is 5.21. The van der Waals surface area contributed by atoms with Crippen LogP contribution in [0.25, 0.3) is 16.9 Å². The lowest BCUT2D eigenvalue weighted by Crippen LogP contribution is -2.33. The zero-order valence-electron chi connectivity index (χ0n) is 22.2. The maximum absolute atomic E-state index is 13.4. The number of likely N-dealkylation sites (tertiary alicyclic amines) is 1. The summed E-state index contributed by atoms with van der Waals surface area (Å²) in [6.07, 6.45) is 9.07. The molecule has 0 amide bonds. The van der Waals surface area contributed by atoms with Gasteiger partial charge >= 0.3 is 6.61 Å². The van der Waals surface area contributed by atoms with Gasteiger partial charge in [-0.3, -0.25) is 9.20 Å². The number of Topliss-reactive ketones (excluding diaryl/α,β-unsaturated/α-hetero) is 1. The summed E-state index contributed by atoms with van der Waals surface area (Å²) in [7, 11) is 1.38. The van der Waals surface area contributed by atoms with Crippen molar-refractivity contribution in [3.8, 4) is 28.5 Å². The number of carbonyl (C=O) groups is 1. The Morgan fingerprint density at radius 1 is 1.15 bits per heavy atom. The van der Waals surface area contributed by atoms with Gasteiger partial charge in [-0.2, -0.15) is 8.78 Å². The Morgan fingerprint density at radius 3 is 2.64 bits per heavy atom. The number of piperidine rings is 1. The SMILES string of the molecule is COc1cc(-c2cnc3cc(OCCCN4CCCCC4)ccn23)cc(OC(F)F)c1C(=O)C[C@H]1CC[C@H]1O. The number of benzene rings is 1. The number of hydrogen-bond acceptors (Lipinski definition) is 7. The quantitative estimate of drug-likeness (QED) is 0.248. The van der Waals surface area contributed by atoms with Gasteiger partial charge < -0.3 is 24.2 Å². The third-order valence-electron chi connectivity index (χ3n) is 7.72. The summed E-state index contributed by atoms with van der Waals surface area (Å²) in [5.41, 5.74) is 1.71. The van der Waals surface area contributed by atoms with Crippen LogP contribution in [0.2, 0.25) is 0 Å². The van der Waals surface area contributed by atoms with E-state index in [-0.39, 0.29) is 29.4 Å². The number of ketones is 1. The monoisotopic (exact) mass is 543 g/mol. The summed E-state index contributed by atoms with van der Waals surface area (Å²) >= 11 is 0. The number of imidazole rings is 1. The minimum atomic E-state index is -3.12. The Labute approximate surface area is 226 Å². The molecule has 0 unspecified atom stereocenters. The van der Waals surface area contributed by atoms with Crippen LogP contribution >= 0.6 is 0 Å². The molecule has 0 radical (unpaired) electrons. The Balaban J connectivity index is 1.35. The lowest BCUT2D eigenvalue weighted by molar-refractivity contribution is -0.0503. The van der Waals surface area contributed by atoms with Crippen LogP contribution in [0.3, 0.4) is 0 Å². The number of pyridine rings is 1. The van der Waals surface area contributed by atoms with Gasteiger partial charge in [0.05, 0.1) is 31.7 Å². The van der Waals surface area contributed by atoms with E-state index in [0.29, 0.717) is 42.1 Å². The van der Waals surface area contributed by atoms with Crippen molar-refractivity contribution in [1.82, 2.24) is 14.3 Å². The molecule has 1 aliphatic heterocycles. The van der Waals surface area contributed by atoms with Crippen molar-refractivity contribution in [2.75, 3.05) is 33.4 Å². The molecular formula is C29H35F2N3O5. The zero-order chi connectivity index (χ0) is 27.4. The molecule has 1 aromatic carbocycles. The van der Waals surface area contributed by atoms with Crippen LogP contribution in [0.5, 0.6) is 17.2 Å². The van der Waals surface area contributed by atoms with E-state index in [1.165, 1.54) is 32.4 Å². The van der Waals surface area contributed by atoms with E-state index in [1.54, 1.807) is 12.3 Å². The molecular weight excluding hydrogens is 508 g/mol. The second-order valence-electron chi connectivity index (χ2n) is 10.3. The maximum Gasteiger partial charge on any atom is 0.387 e. The second-order valence-corrected chi connectivity index (χ2v) is 10.3. The van der Waals surface area contributed by atoms with Crippen molar-refractivity contribution >= 4 is 11.4 Å². The summed E-state index contributed by atoms with van der Waals surface area (Å²) < 4.78 is 44.7. The smallest absolute Gasteiger partial charge is 0.387 e. The highest BCUT2D eigenvalue weighted by atomic mass is 19.3. The Hall–Kier alpha value is -3.24. The number of aliphatic hydroxyl groups excluding tert-OH is 1. The average molecular weight is 544 g/mol. The van der Waals surface area contributed by atoms with Gasteiger partial charge in [-0.1, -0.05) is 6.42 Å². The molecule has 5 rings (SSSR count). The van der Waals surface area contributed by atoms with Gasteiger partial charge in [-0.25, -0.2) is 4.98 Å². The first-order valence-corrected chi connectivity index (χ1v) is 13.6. The third kappa shape index (κ3) is 6.33. The van der Waals surface area contributed by atoms with E-state index < -0.39 is 18.5 Å². The predicted molar refractivity (Wildman–Crippen MR) is 142 cm³/mol. The molecule has 3 aromatic rings. The molecule has 39 heavy (non-hydrogen) atoms. The average Bonchev–Trinajstić information content (AvgIpc) is 3.36. The number of ether oxygens (including phenoxy) is 3. The fraction of sp³-hybridized carbons (Fsp3) is 0.517. The molecule has 0 bridgehead atoms. The molecule has 1 N–H and O–H groups in total. The minimum absolute atomic E-state index is 0.0346. The number of fused-ring (bicyclic) bond motifs is 1. The summed E-state index contributed by atoms with van der Waals surface area (Å²) in [6.45, 7) is 0.842. The van der Waals surface area contributed by atoms with Gasteiger partial charge in [0.2, 0.25) is 0 Å². The largest absolute Gasteiger partial charge is 0.496 e. The normalized spacial score (nSPS) is 19.7. The highest BCUT2D eigenvalue weighted by Crippen LogP contribution is 2.39. The summed E-state index contributed by atoms with van der Waals surface area (Å²) in [5.74, 6) is -0.0247. The molecule has 3 heterocycles. The van der Waals surface area contributed by atoms with Crippen molar-refractivity contribution in [1.29, 1.82) is 0 Å². The maximum atomic E-state index is 13.4. The van der Waals surface area contributed by atoms with Gasteiger partial charge in [0.25, 0.3) is 0 Å². The number of aliphatic hydroxyl groups is 1. The Bertz CT molecular complexity index is 1290. The second kappa shape index (κ2) is 12.3. The van der Waals surface area contributed by atoms with E-state index in [9.17, 15) is 18.7 Å². The van der Waals surface area contributed by atoms with E-state index in [4.69, 9.17) is 14.2 Å². The van der Waals surface area contributed by atoms with E-state index in [2.05, 4.69) is 9.88 Å². The summed E-state index contributed by atoms with van der Waals surface area (Å²) in [4.78, 5) is 20.0. The molecule has 2 aromatic heterocycles. The van der Waals surface area contributed by atoms with Crippen LogP contribution < -0.4 is 14.2 Å². The molecule has 2 fully saturated rings. The number of rotatable bonds is 12. The van der Waals surface area contributed by atoms with Crippen molar-refractivity contribution < 1.29 is 32.9 Å². The van der Waals surface area contributed by atoms with Crippen LogP contribution in [-0.4, -0.2) is 71.2 Å². The number of hydrogen-bond donors (Lipinski definition) is 1. The van der Waals surface area contributed by atoms with Crippen LogP contribution in [0, 0.1) is 5.92 Å². The van der Waals surface area contributed by atoms with Crippen LogP contribution in [0.1, 0.15) is 55.3 Å². The first-order chi connectivity index (χ1) is 18.9. The van der Waals surface area contributed by atoms with Crippen LogP contribution in [0.4, 0.5) is 8.78 Å². The van der Waals surface area contributed by atoms with E-state index >= 15 is 0 Å². The molecule has 210 valence electrons. The summed E-state index contributed by atoms with van der Waals surface area (Å²) in [5, 5.41) is 9.89.